The van der Waals surface area contributed by atoms with Crippen molar-refractivity contribution in [2.45, 2.75) is 26.4 Å². The molecule has 0 aromatic carbocycles. The lowest BCUT2D eigenvalue weighted by Crippen LogP contribution is -2.39. The number of nitrogens with zero attached hydrogens (tertiary/aromatic N) is 5. The fourth-order valence-corrected chi connectivity index (χ4v) is 3.89. The number of rotatable bonds is 4. The molecule has 1 unspecified atom stereocenters. The fraction of sp³-hybridized carbons (Fsp3) is 0.318. The van der Waals surface area contributed by atoms with Gasteiger partial charge in [-0.1, -0.05) is 0 Å². The number of hydrogen-bond donors (Lipinski definition) is 1. The molecule has 29 heavy (non-hydrogen) atoms. The van der Waals surface area contributed by atoms with Crippen LogP contribution in [-0.4, -0.2) is 49.9 Å². The van der Waals surface area contributed by atoms with Crippen molar-refractivity contribution in [3.63, 3.8) is 0 Å². The number of morpholine rings is 1. The van der Waals surface area contributed by atoms with Crippen LogP contribution in [0.5, 0.6) is 0 Å². The maximum Gasteiger partial charge on any atom is 0.153 e. The molecule has 5 heterocycles. The van der Waals surface area contributed by atoms with Crippen LogP contribution < -0.4 is 5.32 Å². The second kappa shape index (κ2) is 7.42. The number of hydrogen-bond acceptors (Lipinski definition) is 5. The van der Waals surface area contributed by atoms with Gasteiger partial charge in [0.25, 0.3) is 0 Å². The summed E-state index contributed by atoms with van der Waals surface area (Å²) in [6.07, 6.45) is 8.60. The van der Waals surface area contributed by atoms with Crippen molar-refractivity contribution < 1.29 is 4.74 Å². The van der Waals surface area contributed by atoms with Crippen molar-refractivity contribution in [3.8, 4) is 17.1 Å². The van der Waals surface area contributed by atoms with Gasteiger partial charge < -0.3 is 14.5 Å². The molecule has 1 atom stereocenters. The van der Waals surface area contributed by atoms with Gasteiger partial charge in [0.15, 0.2) is 5.82 Å². The number of fused-ring (bicyclic) bond motifs is 1. The largest absolute Gasteiger partial charge is 0.375 e. The van der Waals surface area contributed by atoms with E-state index in [-0.39, 0.29) is 6.10 Å². The third-order valence-electron chi connectivity index (χ3n) is 5.40. The quantitative estimate of drug-likeness (QED) is 0.582. The fourth-order valence-electron chi connectivity index (χ4n) is 3.89. The zero-order valence-electron chi connectivity index (χ0n) is 16.7. The van der Waals surface area contributed by atoms with Crippen LogP contribution in [0.3, 0.4) is 0 Å². The smallest absolute Gasteiger partial charge is 0.153 e. The molecule has 0 aliphatic carbocycles. The first-order valence-corrected chi connectivity index (χ1v) is 9.96. The average Bonchev–Trinajstić information content (AvgIpc) is 3.37. The normalized spacial score (nSPS) is 17.1. The van der Waals surface area contributed by atoms with Gasteiger partial charge in [0.2, 0.25) is 0 Å². The number of imidazole rings is 1. The Bertz CT molecular complexity index is 1140. The molecule has 4 aromatic heterocycles. The maximum absolute atomic E-state index is 5.98. The predicted octanol–water partition coefficient (Wildman–Crippen LogP) is 2.73. The van der Waals surface area contributed by atoms with E-state index in [1.807, 2.05) is 18.5 Å². The first-order chi connectivity index (χ1) is 14.2. The van der Waals surface area contributed by atoms with E-state index in [9.17, 15) is 0 Å². The topological polar surface area (TPSA) is 69.3 Å². The third-order valence-corrected chi connectivity index (χ3v) is 5.40. The molecule has 0 radical (unpaired) electrons. The van der Waals surface area contributed by atoms with Gasteiger partial charge in [-0.3, -0.25) is 0 Å². The highest BCUT2D eigenvalue weighted by Gasteiger charge is 2.22. The van der Waals surface area contributed by atoms with Crippen molar-refractivity contribution in [2.24, 2.45) is 0 Å². The minimum absolute atomic E-state index is 0.139. The van der Waals surface area contributed by atoms with E-state index in [1.54, 1.807) is 10.9 Å². The standard InChI is InChI=1S/C22H24N6O/c1-15-4-8-27-19(12-17-13-23-6-9-29-17)22(26-21(27)10-15)18-14-24-20(11-16(18)2)28-7-3-5-25-28/h3-5,7-8,10-11,14,17,23H,6,9,12-13H2,1-2H3. The molecule has 0 spiro atoms. The van der Waals surface area contributed by atoms with E-state index in [2.05, 4.69) is 58.0 Å². The highest BCUT2D eigenvalue weighted by molar-refractivity contribution is 5.70. The Labute approximate surface area is 169 Å². The summed E-state index contributed by atoms with van der Waals surface area (Å²) in [6.45, 7) is 6.70. The molecule has 1 aliphatic rings. The van der Waals surface area contributed by atoms with E-state index < -0.39 is 0 Å². The summed E-state index contributed by atoms with van der Waals surface area (Å²) < 4.78 is 9.93. The first-order valence-electron chi connectivity index (χ1n) is 9.96. The van der Waals surface area contributed by atoms with Crippen molar-refractivity contribution >= 4 is 5.65 Å². The van der Waals surface area contributed by atoms with Crippen molar-refractivity contribution in [1.29, 1.82) is 0 Å². The van der Waals surface area contributed by atoms with Gasteiger partial charge in [0.1, 0.15) is 5.65 Å². The first kappa shape index (κ1) is 18.0. The van der Waals surface area contributed by atoms with Crippen LogP contribution in [-0.2, 0) is 11.2 Å². The summed E-state index contributed by atoms with van der Waals surface area (Å²) in [5.41, 5.74) is 6.44. The average molecular weight is 388 g/mol. The molecule has 7 nitrogen and oxygen atoms in total. The Balaban J connectivity index is 1.60. The second-order valence-electron chi connectivity index (χ2n) is 7.55. The SMILES string of the molecule is Cc1ccn2c(CC3CNCCO3)c(-c3cnc(-n4cccn4)cc3C)nc2c1. The summed E-state index contributed by atoms with van der Waals surface area (Å²) >= 11 is 0. The van der Waals surface area contributed by atoms with Gasteiger partial charge in [-0.05, 0) is 49.2 Å². The van der Waals surface area contributed by atoms with E-state index in [4.69, 9.17) is 9.72 Å². The summed E-state index contributed by atoms with van der Waals surface area (Å²) in [4.78, 5) is 9.63. The molecule has 1 saturated heterocycles. The molecule has 5 rings (SSSR count). The van der Waals surface area contributed by atoms with Crippen LogP contribution in [0.25, 0.3) is 22.7 Å². The minimum Gasteiger partial charge on any atom is -0.375 e. The Kier molecular flexibility index (Phi) is 4.61. The molecular formula is C22H24N6O. The van der Waals surface area contributed by atoms with Crippen LogP contribution >= 0.6 is 0 Å². The molecule has 7 heteroatoms. The van der Waals surface area contributed by atoms with Crippen LogP contribution in [0, 0.1) is 13.8 Å². The molecule has 1 aliphatic heterocycles. The number of aromatic nitrogens is 5. The zero-order chi connectivity index (χ0) is 19.8. The molecule has 1 fully saturated rings. The van der Waals surface area contributed by atoms with E-state index in [0.29, 0.717) is 0 Å². The molecular weight excluding hydrogens is 364 g/mol. The van der Waals surface area contributed by atoms with Crippen LogP contribution in [0.15, 0.2) is 49.1 Å². The highest BCUT2D eigenvalue weighted by atomic mass is 16.5. The zero-order valence-corrected chi connectivity index (χ0v) is 16.7. The lowest BCUT2D eigenvalue weighted by atomic mass is 10.0. The van der Waals surface area contributed by atoms with Gasteiger partial charge in [0, 0.05) is 49.9 Å². The summed E-state index contributed by atoms with van der Waals surface area (Å²) in [5, 5.41) is 7.70. The number of ether oxygens (including phenoxy) is 1. The Morgan fingerprint density at radius 2 is 2.17 bits per heavy atom. The van der Waals surface area contributed by atoms with Gasteiger partial charge >= 0.3 is 0 Å². The van der Waals surface area contributed by atoms with Gasteiger partial charge in [-0.25, -0.2) is 14.6 Å². The molecule has 4 aromatic rings. The Hall–Kier alpha value is -3.03. The number of aryl methyl sites for hydroxylation is 2. The lowest BCUT2D eigenvalue weighted by Gasteiger charge is -2.24. The third kappa shape index (κ3) is 3.43. The van der Waals surface area contributed by atoms with Crippen molar-refractivity contribution in [1.82, 2.24) is 29.5 Å². The molecule has 0 amide bonds. The Morgan fingerprint density at radius 3 is 2.93 bits per heavy atom. The highest BCUT2D eigenvalue weighted by Crippen LogP contribution is 2.29. The van der Waals surface area contributed by atoms with Crippen LogP contribution in [0.1, 0.15) is 16.8 Å². The lowest BCUT2D eigenvalue weighted by molar-refractivity contribution is 0.0286. The molecule has 1 N–H and O–H groups in total. The maximum atomic E-state index is 5.98. The number of pyridine rings is 2. The van der Waals surface area contributed by atoms with Gasteiger partial charge in [0.05, 0.1) is 24.1 Å². The monoisotopic (exact) mass is 388 g/mol. The summed E-state index contributed by atoms with van der Waals surface area (Å²) in [5.74, 6) is 0.803. The summed E-state index contributed by atoms with van der Waals surface area (Å²) in [6, 6.07) is 8.19. The van der Waals surface area contributed by atoms with Crippen molar-refractivity contribution in [2.75, 3.05) is 19.7 Å². The predicted molar refractivity (Wildman–Crippen MR) is 111 cm³/mol. The van der Waals surface area contributed by atoms with E-state index in [1.165, 1.54) is 5.56 Å². The Morgan fingerprint density at radius 1 is 1.24 bits per heavy atom. The van der Waals surface area contributed by atoms with E-state index >= 15 is 0 Å². The molecule has 148 valence electrons. The van der Waals surface area contributed by atoms with Gasteiger partial charge in [-0.2, -0.15) is 5.10 Å². The molecule has 0 saturated carbocycles. The number of nitrogens with one attached hydrogen (secondary N) is 1. The molecule has 0 bridgehead atoms. The second-order valence-corrected chi connectivity index (χ2v) is 7.55. The van der Waals surface area contributed by atoms with E-state index in [0.717, 1.165) is 60.1 Å². The van der Waals surface area contributed by atoms with Crippen LogP contribution in [0.4, 0.5) is 0 Å². The van der Waals surface area contributed by atoms with Crippen LogP contribution in [0.2, 0.25) is 0 Å². The minimum atomic E-state index is 0.139. The summed E-state index contributed by atoms with van der Waals surface area (Å²) in [7, 11) is 0. The van der Waals surface area contributed by atoms with Crippen molar-refractivity contribution in [3.05, 3.63) is 65.9 Å². The van der Waals surface area contributed by atoms with Gasteiger partial charge in [-0.15, -0.1) is 0 Å².